The van der Waals surface area contributed by atoms with E-state index in [1.165, 1.54) is 29.9 Å². The number of unbranched alkanes of at least 4 members (excludes halogenated alkanes) is 2. The van der Waals surface area contributed by atoms with Crippen molar-refractivity contribution in [3.8, 4) is 0 Å². The second-order valence-electron chi connectivity index (χ2n) is 5.24. The third-order valence-electron chi connectivity index (χ3n) is 3.29. The molecule has 1 unspecified atom stereocenters. The van der Waals surface area contributed by atoms with Crippen molar-refractivity contribution in [1.82, 2.24) is 9.55 Å². The van der Waals surface area contributed by atoms with Gasteiger partial charge in [0.1, 0.15) is 0 Å². The Morgan fingerprint density at radius 3 is 2.73 bits per heavy atom. The predicted octanol–water partition coefficient (Wildman–Crippen LogP) is 5.62. The number of rotatable bonds is 10. The number of thioether (sulfide) groups is 2. The van der Waals surface area contributed by atoms with E-state index in [4.69, 9.17) is 11.6 Å². The van der Waals surface area contributed by atoms with Gasteiger partial charge in [0.2, 0.25) is 0 Å². The van der Waals surface area contributed by atoms with Gasteiger partial charge in [0.05, 0.1) is 6.33 Å². The molecule has 1 atom stereocenters. The van der Waals surface area contributed by atoms with Crippen LogP contribution in [0.1, 0.15) is 26.2 Å². The van der Waals surface area contributed by atoms with Crippen molar-refractivity contribution in [3.63, 3.8) is 0 Å². The van der Waals surface area contributed by atoms with E-state index in [2.05, 4.69) is 40.4 Å². The number of benzene rings is 1. The Labute approximate surface area is 147 Å². The summed E-state index contributed by atoms with van der Waals surface area (Å²) in [7, 11) is 0. The first-order valence-corrected chi connectivity index (χ1v) is 10.1. The fourth-order valence-corrected chi connectivity index (χ4v) is 4.68. The summed E-state index contributed by atoms with van der Waals surface area (Å²) in [5, 5.41) is 1.34. The highest BCUT2D eigenvalue weighted by atomic mass is 35.5. The van der Waals surface area contributed by atoms with Crippen LogP contribution in [0.15, 0.2) is 47.9 Å². The molecule has 0 aliphatic rings. The van der Waals surface area contributed by atoms with Gasteiger partial charge in [-0.15, -0.1) is 11.8 Å². The molecule has 0 amide bonds. The average molecular weight is 355 g/mol. The third-order valence-corrected chi connectivity index (χ3v) is 6.16. The van der Waals surface area contributed by atoms with Gasteiger partial charge in [-0.1, -0.05) is 31.4 Å². The van der Waals surface area contributed by atoms with E-state index in [1.54, 1.807) is 0 Å². The topological polar surface area (TPSA) is 17.8 Å². The quantitative estimate of drug-likeness (QED) is 0.407. The molecule has 0 bridgehead atoms. The Balaban J connectivity index is 1.87. The molecule has 0 aliphatic heterocycles. The Morgan fingerprint density at radius 2 is 2.05 bits per heavy atom. The van der Waals surface area contributed by atoms with Gasteiger partial charge in [0.25, 0.3) is 0 Å². The molecule has 0 fully saturated rings. The van der Waals surface area contributed by atoms with Gasteiger partial charge in [0, 0.05) is 39.9 Å². The monoisotopic (exact) mass is 354 g/mol. The summed E-state index contributed by atoms with van der Waals surface area (Å²) < 4.78 is 2.17. The molecule has 0 N–H and O–H groups in total. The number of halogens is 1. The lowest BCUT2D eigenvalue weighted by molar-refractivity contribution is 0.695. The van der Waals surface area contributed by atoms with Crippen molar-refractivity contribution in [2.75, 3.05) is 11.5 Å². The molecule has 0 aliphatic carbocycles. The molecule has 1 aromatic carbocycles. The zero-order valence-electron chi connectivity index (χ0n) is 13.0. The number of hydrogen-bond donors (Lipinski definition) is 0. The standard InChI is InChI=1S/C17H23ClN2S2/c1-2-3-4-11-21-13-17(12-20-10-9-19-14-20)22-16-7-5-15(18)6-8-16/h5-10,14,17H,2-4,11-13H2,1H3. The van der Waals surface area contributed by atoms with Crippen LogP contribution in [0.5, 0.6) is 0 Å². The van der Waals surface area contributed by atoms with Gasteiger partial charge in [-0.3, -0.25) is 0 Å². The van der Waals surface area contributed by atoms with Crippen LogP contribution in [-0.2, 0) is 6.54 Å². The molecule has 1 aromatic heterocycles. The normalized spacial score (nSPS) is 12.5. The van der Waals surface area contributed by atoms with Crippen molar-refractivity contribution < 1.29 is 0 Å². The van der Waals surface area contributed by atoms with E-state index < -0.39 is 0 Å². The van der Waals surface area contributed by atoms with Crippen LogP contribution in [0.4, 0.5) is 0 Å². The number of hydrogen-bond acceptors (Lipinski definition) is 3. The second kappa shape index (κ2) is 10.2. The summed E-state index contributed by atoms with van der Waals surface area (Å²) in [5.41, 5.74) is 0. The number of nitrogens with zero attached hydrogens (tertiary/aromatic N) is 2. The van der Waals surface area contributed by atoms with E-state index >= 15 is 0 Å². The lowest BCUT2D eigenvalue weighted by atomic mass is 10.3. The molecule has 5 heteroatoms. The van der Waals surface area contributed by atoms with Gasteiger partial charge in [0.15, 0.2) is 0 Å². The molecule has 0 saturated carbocycles. The molecule has 120 valence electrons. The molecule has 0 saturated heterocycles. The molecule has 2 nitrogen and oxygen atoms in total. The Hall–Kier alpha value is -0.580. The van der Waals surface area contributed by atoms with Crippen molar-refractivity contribution >= 4 is 35.1 Å². The largest absolute Gasteiger partial charge is 0.336 e. The van der Waals surface area contributed by atoms with Crippen LogP contribution in [0.25, 0.3) is 0 Å². The second-order valence-corrected chi connectivity index (χ2v) is 8.20. The lowest BCUT2D eigenvalue weighted by Crippen LogP contribution is -2.15. The van der Waals surface area contributed by atoms with Crippen LogP contribution in [-0.4, -0.2) is 26.3 Å². The van der Waals surface area contributed by atoms with Crippen molar-refractivity contribution in [2.45, 2.75) is 42.9 Å². The first kappa shape index (κ1) is 17.8. The summed E-state index contributed by atoms with van der Waals surface area (Å²) in [6.07, 6.45) is 9.74. The minimum atomic E-state index is 0.544. The third kappa shape index (κ3) is 6.67. The number of imidazole rings is 1. The summed E-state index contributed by atoms with van der Waals surface area (Å²) in [5.74, 6) is 2.42. The summed E-state index contributed by atoms with van der Waals surface area (Å²) >= 11 is 9.97. The van der Waals surface area contributed by atoms with Crippen LogP contribution < -0.4 is 0 Å². The first-order valence-electron chi connectivity index (χ1n) is 7.73. The molecule has 0 radical (unpaired) electrons. The summed E-state index contributed by atoms with van der Waals surface area (Å²) in [6.45, 7) is 3.25. The zero-order valence-corrected chi connectivity index (χ0v) is 15.3. The molecule has 2 rings (SSSR count). The van der Waals surface area contributed by atoms with E-state index in [0.717, 1.165) is 17.3 Å². The van der Waals surface area contributed by atoms with Crippen molar-refractivity contribution in [2.24, 2.45) is 0 Å². The lowest BCUT2D eigenvalue weighted by Gasteiger charge is -2.17. The fraction of sp³-hybridized carbons (Fsp3) is 0.471. The van der Waals surface area contributed by atoms with Gasteiger partial charge >= 0.3 is 0 Å². The van der Waals surface area contributed by atoms with E-state index in [9.17, 15) is 0 Å². The maximum atomic E-state index is 5.97. The predicted molar refractivity (Wildman–Crippen MR) is 100 cm³/mol. The van der Waals surface area contributed by atoms with E-state index in [1.807, 2.05) is 42.6 Å². The minimum absolute atomic E-state index is 0.544. The maximum absolute atomic E-state index is 5.97. The Morgan fingerprint density at radius 1 is 1.23 bits per heavy atom. The smallest absolute Gasteiger partial charge is 0.0946 e. The first-order chi connectivity index (χ1) is 10.8. The van der Waals surface area contributed by atoms with Gasteiger partial charge in [-0.25, -0.2) is 4.98 Å². The highest BCUT2D eigenvalue weighted by Crippen LogP contribution is 2.28. The van der Waals surface area contributed by atoms with E-state index in [0.29, 0.717) is 5.25 Å². The molecule has 22 heavy (non-hydrogen) atoms. The molecule has 0 spiro atoms. The number of aromatic nitrogens is 2. The minimum Gasteiger partial charge on any atom is -0.336 e. The zero-order chi connectivity index (χ0) is 15.6. The highest BCUT2D eigenvalue weighted by Gasteiger charge is 2.12. The SMILES string of the molecule is CCCCCSCC(Cn1ccnc1)Sc1ccc(Cl)cc1. The maximum Gasteiger partial charge on any atom is 0.0946 e. The molecular weight excluding hydrogens is 332 g/mol. The van der Waals surface area contributed by atoms with Crippen LogP contribution in [0, 0.1) is 0 Å². The average Bonchev–Trinajstić information content (AvgIpc) is 3.02. The van der Waals surface area contributed by atoms with Crippen molar-refractivity contribution in [3.05, 3.63) is 48.0 Å². The van der Waals surface area contributed by atoms with Crippen LogP contribution >= 0.6 is 35.1 Å². The fourth-order valence-electron chi connectivity index (χ4n) is 2.13. The summed E-state index contributed by atoms with van der Waals surface area (Å²) in [4.78, 5) is 5.43. The van der Waals surface area contributed by atoms with Crippen molar-refractivity contribution in [1.29, 1.82) is 0 Å². The Bertz CT molecular complexity index is 514. The van der Waals surface area contributed by atoms with E-state index in [-0.39, 0.29) is 0 Å². The molecular formula is C17H23ClN2S2. The molecule has 1 heterocycles. The summed E-state index contributed by atoms with van der Waals surface area (Å²) in [6, 6.07) is 8.14. The Kier molecular flexibility index (Phi) is 8.27. The van der Waals surface area contributed by atoms with Crippen LogP contribution in [0.3, 0.4) is 0 Å². The van der Waals surface area contributed by atoms with Gasteiger partial charge in [-0.2, -0.15) is 11.8 Å². The molecule has 2 aromatic rings. The van der Waals surface area contributed by atoms with Gasteiger partial charge < -0.3 is 4.57 Å². The van der Waals surface area contributed by atoms with Gasteiger partial charge in [-0.05, 0) is 36.4 Å². The highest BCUT2D eigenvalue weighted by molar-refractivity contribution is 8.03. The van der Waals surface area contributed by atoms with Crippen LogP contribution in [0.2, 0.25) is 5.02 Å².